The molecule has 0 amide bonds. The average Bonchev–Trinajstić information content (AvgIpc) is 3.09. The van der Waals surface area contributed by atoms with Gasteiger partial charge in [0, 0.05) is 29.7 Å². The van der Waals surface area contributed by atoms with Crippen molar-refractivity contribution in [3.05, 3.63) is 99.3 Å². The van der Waals surface area contributed by atoms with Gasteiger partial charge >= 0.3 is 0 Å². The number of fused-ring (bicyclic) bond motifs is 3. The van der Waals surface area contributed by atoms with Crippen molar-refractivity contribution in [1.29, 1.82) is 5.26 Å². The van der Waals surface area contributed by atoms with Gasteiger partial charge in [-0.1, -0.05) is 54.9 Å². The fourth-order valence-corrected chi connectivity index (χ4v) is 4.67. The smallest absolute Gasteiger partial charge is 0.127 e. The Kier molecular flexibility index (Phi) is 5.20. The highest BCUT2D eigenvalue weighted by Gasteiger charge is 2.22. The lowest BCUT2D eigenvalue weighted by molar-refractivity contribution is 0.307. The van der Waals surface area contributed by atoms with Crippen molar-refractivity contribution in [2.24, 2.45) is 0 Å². The number of imidazole rings is 1. The Labute approximate surface area is 192 Å². The first kappa shape index (κ1) is 20.4. The van der Waals surface area contributed by atoms with Crippen LogP contribution in [0.1, 0.15) is 41.9 Å². The largest absolute Gasteiger partial charge is 0.488 e. The number of aromatic nitrogens is 2. The van der Waals surface area contributed by atoms with E-state index < -0.39 is 0 Å². The molecule has 0 atom stereocenters. The van der Waals surface area contributed by atoms with Crippen LogP contribution in [0.2, 0.25) is 5.02 Å². The molecule has 2 heterocycles. The summed E-state index contributed by atoms with van der Waals surface area (Å²) in [6.07, 6.45) is 0.822. The Morgan fingerprint density at radius 1 is 1.12 bits per heavy atom. The van der Waals surface area contributed by atoms with E-state index in [9.17, 15) is 5.26 Å². The summed E-state index contributed by atoms with van der Waals surface area (Å²) in [4.78, 5) is 4.77. The lowest BCUT2D eigenvalue weighted by Gasteiger charge is -2.14. The van der Waals surface area contributed by atoms with Crippen molar-refractivity contribution < 1.29 is 4.74 Å². The molecule has 0 radical (unpaired) electrons. The van der Waals surface area contributed by atoms with Gasteiger partial charge < -0.3 is 9.30 Å². The highest BCUT2D eigenvalue weighted by molar-refractivity contribution is 6.34. The quantitative estimate of drug-likeness (QED) is 0.340. The third-order valence-electron chi connectivity index (χ3n) is 5.99. The third-order valence-corrected chi connectivity index (χ3v) is 6.29. The second kappa shape index (κ2) is 8.18. The van der Waals surface area contributed by atoms with Crippen molar-refractivity contribution in [3.8, 4) is 11.8 Å². The van der Waals surface area contributed by atoms with Crippen molar-refractivity contribution in [1.82, 2.24) is 9.55 Å². The van der Waals surface area contributed by atoms with E-state index in [0.29, 0.717) is 23.7 Å². The number of hydrogen-bond acceptors (Lipinski definition) is 3. The summed E-state index contributed by atoms with van der Waals surface area (Å²) in [6, 6.07) is 22.6. The van der Waals surface area contributed by atoms with Crippen LogP contribution in [-0.4, -0.2) is 9.55 Å². The number of ether oxygens (including phenoxy) is 1. The van der Waals surface area contributed by atoms with Crippen molar-refractivity contribution in [3.63, 3.8) is 0 Å². The maximum absolute atomic E-state index is 9.67. The Morgan fingerprint density at radius 2 is 1.97 bits per heavy atom. The van der Waals surface area contributed by atoms with Crippen LogP contribution in [0.3, 0.4) is 0 Å². The van der Waals surface area contributed by atoms with Gasteiger partial charge in [0.05, 0.1) is 16.6 Å². The lowest BCUT2D eigenvalue weighted by Crippen LogP contribution is -2.06. The van der Waals surface area contributed by atoms with E-state index in [2.05, 4.69) is 41.8 Å². The Hall–Kier alpha value is -3.55. The molecule has 5 rings (SSSR count). The van der Waals surface area contributed by atoms with E-state index in [1.54, 1.807) is 0 Å². The molecule has 5 heteroatoms. The average molecular weight is 440 g/mol. The Balaban J connectivity index is 1.61. The number of nitrogens with zero attached hydrogens (tertiary/aromatic N) is 3. The minimum atomic E-state index is 0.458. The van der Waals surface area contributed by atoms with Crippen molar-refractivity contribution in [2.75, 3.05) is 0 Å². The van der Waals surface area contributed by atoms with Gasteiger partial charge in [-0.05, 0) is 47.9 Å². The highest BCUT2D eigenvalue weighted by atomic mass is 35.5. The molecule has 4 aromatic rings. The van der Waals surface area contributed by atoms with Crippen molar-refractivity contribution in [2.45, 2.75) is 33.4 Å². The summed E-state index contributed by atoms with van der Waals surface area (Å²) in [5, 5.41) is 10.3. The molecule has 0 fully saturated rings. The molecule has 158 valence electrons. The first-order valence-corrected chi connectivity index (χ1v) is 11.1. The molecule has 0 unspecified atom stereocenters. The maximum atomic E-state index is 9.67. The highest BCUT2D eigenvalue weighted by Crippen LogP contribution is 2.39. The van der Waals surface area contributed by atoms with Gasteiger partial charge in [-0.3, -0.25) is 0 Å². The van der Waals surface area contributed by atoms with Crippen LogP contribution < -0.4 is 4.74 Å². The SMILES string of the molecule is CCc1nc2c(Cl)cccc2n1Cc1ccc2c(c1)COc1ccccc1C2=C(C)C#N. The molecule has 0 spiro atoms. The molecule has 0 saturated carbocycles. The molecule has 4 nitrogen and oxygen atoms in total. The normalized spacial score (nSPS) is 14.2. The van der Waals surface area contributed by atoms with Crippen LogP contribution >= 0.6 is 11.6 Å². The molecule has 1 aliphatic heterocycles. The lowest BCUT2D eigenvalue weighted by atomic mass is 9.90. The van der Waals surface area contributed by atoms with Gasteiger partial charge in [-0.25, -0.2) is 4.98 Å². The monoisotopic (exact) mass is 439 g/mol. The van der Waals surface area contributed by atoms with E-state index in [0.717, 1.165) is 56.9 Å². The van der Waals surface area contributed by atoms with Gasteiger partial charge in [0.2, 0.25) is 0 Å². The van der Waals surface area contributed by atoms with Crippen LogP contribution in [0.25, 0.3) is 16.6 Å². The maximum Gasteiger partial charge on any atom is 0.127 e. The summed E-state index contributed by atoms with van der Waals surface area (Å²) in [5.74, 6) is 1.81. The standard InChI is InChI=1S/C27H22ClN3O/c1-3-25-30-27-22(28)8-6-9-23(27)31(25)15-18-11-12-20-19(13-18)16-32-24-10-5-4-7-21(24)26(20)17(2)14-29/h4-13H,3,15-16H2,1-2H3. The van der Waals surface area contributed by atoms with Gasteiger partial charge in [-0.15, -0.1) is 0 Å². The van der Waals surface area contributed by atoms with Gasteiger partial charge in [0.25, 0.3) is 0 Å². The van der Waals surface area contributed by atoms with E-state index in [1.807, 2.05) is 43.3 Å². The molecule has 0 bridgehead atoms. The van der Waals surface area contributed by atoms with E-state index in [1.165, 1.54) is 0 Å². The minimum Gasteiger partial charge on any atom is -0.488 e. The summed E-state index contributed by atoms with van der Waals surface area (Å²) < 4.78 is 8.37. The van der Waals surface area contributed by atoms with Gasteiger partial charge in [0.15, 0.2) is 0 Å². The van der Waals surface area contributed by atoms with Crippen LogP contribution in [0, 0.1) is 11.3 Å². The van der Waals surface area contributed by atoms with E-state index in [4.69, 9.17) is 21.3 Å². The number of para-hydroxylation sites is 2. The molecule has 0 saturated heterocycles. The Bertz CT molecular complexity index is 1420. The third kappa shape index (κ3) is 3.36. The fraction of sp³-hybridized carbons (Fsp3) is 0.185. The van der Waals surface area contributed by atoms with Gasteiger partial charge in [0.1, 0.15) is 23.7 Å². The summed E-state index contributed by atoms with van der Waals surface area (Å²) in [5.41, 5.74) is 7.73. The molecule has 1 aromatic heterocycles. The number of halogens is 1. The van der Waals surface area contributed by atoms with Crippen LogP contribution in [0.15, 0.2) is 66.2 Å². The molecular weight excluding hydrogens is 418 g/mol. The number of rotatable bonds is 3. The molecule has 32 heavy (non-hydrogen) atoms. The number of benzene rings is 3. The predicted octanol–water partition coefficient (Wildman–Crippen LogP) is 6.54. The molecule has 1 aliphatic rings. The van der Waals surface area contributed by atoms with Gasteiger partial charge in [-0.2, -0.15) is 5.26 Å². The predicted molar refractivity (Wildman–Crippen MR) is 128 cm³/mol. The first-order valence-electron chi connectivity index (χ1n) is 10.7. The first-order chi connectivity index (χ1) is 15.6. The summed E-state index contributed by atoms with van der Waals surface area (Å²) in [7, 11) is 0. The molecule has 0 aliphatic carbocycles. The Morgan fingerprint density at radius 3 is 2.78 bits per heavy atom. The van der Waals surface area contributed by atoms with Crippen LogP contribution in [0.5, 0.6) is 5.75 Å². The summed E-state index contributed by atoms with van der Waals surface area (Å²) >= 11 is 6.40. The van der Waals surface area contributed by atoms with Crippen LogP contribution in [0.4, 0.5) is 0 Å². The van der Waals surface area contributed by atoms with E-state index in [-0.39, 0.29) is 0 Å². The zero-order valence-corrected chi connectivity index (χ0v) is 18.8. The number of allylic oxidation sites excluding steroid dienone is 1. The molecular formula is C27H22ClN3O. The second-order valence-corrected chi connectivity index (χ2v) is 8.37. The summed E-state index contributed by atoms with van der Waals surface area (Å²) in [6.45, 7) is 5.12. The zero-order chi connectivity index (χ0) is 22.2. The van der Waals surface area contributed by atoms with Crippen LogP contribution in [-0.2, 0) is 19.6 Å². The number of nitriles is 1. The molecule has 0 N–H and O–H groups in total. The minimum absolute atomic E-state index is 0.458. The topological polar surface area (TPSA) is 50.8 Å². The zero-order valence-electron chi connectivity index (χ0n) is 18.0. The molecule has 3 aromatic carbocycles. The second-order valence-electron chi connectivity index (χ2n) is 7.96. The fourth-order valence-electron chi connectivity index (χ4n) is 4.46. The van der Waals surface area contributed by atoms with Crippen molar-refractivity contribution >= 4 is 28.2 Å². The number of aryl methyl sites for hydroxylation is 1. The van der Waals surface area contributed by atoms with E-state index >= 15 is 0 Å². The number of hydrogen-bond donors (Lipinski definition) is 0.